The lowest BCUT2D eigenvalue weighted by atomic mass is 10.00. The summed E-state index contributed by atoms with van der Waals surface area (Å²) in [5, 5.41) is 6.93. The molecule has 5 rings (SSSR count). The maximum atomic E-state index is 15.3. The topological polar surface area (TPSA) is 103 Å². The highest BCUT2D eigenvalue weighted by atomic mass is 35.5. The van der Waals surface area contributed by atoms with E-state index in [0.717, 1.165) is 0 Å². The van der Waals surface area contributed by atoms with Crippen LogP contribution in [0.5, 0.6) is 17.2 Å². The van der Waals surface area contributed by atoms with Gasteiger partial charge in [0.2, 0.25) is 11.7 Å². The number of carbonyl (C=O) groups is 2. The van der Waals surface area contributed by atoms with Crippen LogP contribution in [0.3, 0.4) is 0 Å². The number of nitrogens with zero attached hydrogens (tertiary/aromatic N) is 2. The first-order valence-electron chi connectivity index (χ1n) is 13.3. The van der Waals surface area contributed by atoms with Crippen molar-refractivity contribution in [2.75, 3.05) is 31.5 Å². The van der Waals surface area contributed by atoms with Gasteiger partial charge in [0.1, 0.15) is 17.1 Å². The molecule has 5 aromatic rings. The molecule has 0 bridgehead atoms. The Morgan fingerprint density at radius 2 is 1.55 bits per heavy atom. The number of rotatable bonds is 9. The average Bonchev–Trinajstić information content (AvgIpc) is 3.45. The fraction of sp³-hybridized carbons (Fsp3) is 0.121. The lowest BCUT2D eigenvalue weighted by Gasteiger charge is -2.26. The van der Waals surface area contributed by atoms with Crippen molar-refractivity contribution in [1.29, 1.82) is 0 Å². The van der Waals surface area contributed by atoms with Crippen LogP contribution in [0.15, 0.2) is 89.5 Å². The summed E-state index contributed by atoms with van der Waals surface area (Å²) in [6.45, 7) is 1.38. The Morgan fingerprint density at radius 3 is 2.16 bits per heavy atom. The van der Waals surface area contributed by atoms with Crippen LogP contribution in [0.2, 0.25) is 5.02 Å². The van der Waals surface area contributed by atoms with E-state index >= 15 is 4.39 Å². The molecule has 1 aromatic heterocycles. The summed E-state index contributed by atoms with van der Waals surface area (Å²) in [5.41, 5.74) is 1.37. The van der Waals surface area contributed by atoms with Crippen molar-refractivity contribution in [1.82, 2.24) is 5.16 Å². The molecule has 0 fully saturated rings. The molecule has 1 N–H and O–H groups in total. The van der Waals surface area contributed by atoms with Crippen LogP contribution in [0.1, 0.15) is 17.3 Å². The first-order chi connectivity index (χ1) is 21.3. The number of halogens is 2. The zero-order valence-corrected chi connectivity index (χ0v) is 24.9. The number of nitrogens with one attached hydrogen (secondary N) is 1. The van der Waals surface area contributed by atoms with Crippen LogP contribution in [0.25, 0.3) is 22.6 Å². The number of hydrogen-bond acceptors (Lipinski definition) is 7. The number of amides is 2. The van der Waals surface area contributed by atoms with Crippen LogP contribution in [-0.2, 0) is 4.79 Å². The molecular formula is C33H27ClFN3O6. The molecule has 0 atom stereocenters. The van der Waals surface area contributed by atoms with E-state index in [0.29, 0.717) is 28.4 Å². The number of methoxy groups -OCH3 is 3. The van der Waals surface area contributed by atoms with Gasteiger partial charge in [-0.05, 0) is 30.3 Å². The van der Waals surface area contributed by atoms with Gasteiger partial charge >= 0.3 is 0 Å². The molecular weight excluding hydrogens is 589 g/mol. The van der Waals surface area contributed by atoms with Crippen LogP contribution >= 0.6 is 11.6 Å². The van der Waals surface area contributed by atoms with Gasteiger partial charge < -0.3 is 24.1 Å². The normalized spacial score (nSPS) is 10.7. The first-order valence-corrected chi connectivity index (χ1v) is 13.7. The van der Waals surface area contributed by atoms with Crippen molar-refractivity contribution in [2.24, 2.45) is 0 Å². The van der Waals surface area contributed by atoms with Gasteiger partial charge in [-0.15, -0.1) is 0 Å². The van der Waals surface area contributed by atoms with Crippen molar-refractivity contribution < 1.29 is 32.7 Å². The summed E-state index contributed by atoms with van der Waals surface area (Å²) in [6, 6.07) is 22.9. The Labute approximate surface area is 257 Å². The minimum absolute atomic E-state index is 0.0407. The molecule has 0 saturated heterocycles. The maximum absolute atomic E-state index is 15.3. The van der Waals surface area contributed by atoms with Crippen LogP contribution in [-0.4, -0.2) is 38.3 Å². The monoisotopic (exact) mass is 615 g/mol. The number of benzene rings is 4. The fourth-order valence-corrected chi connectivity index (χ4v) is 5.04. The summed E-state index contributed by atoms with van der Waals surface area (Å²) < 4.78 is 37.7. The number of hydrogen-bond donors (Lipinski definition) is 1. The van der Waals surface area contributed by atoms with E-state index < -0.39 is 11.7 Å². The lowest BCUT2D eigenvalue weighted by Crippen LogP contribution is -2.27. The van der Waals surface area contributed by atoms with E-state index in [1.807, 2.05) is 6.07 Å². The molecule has 0 unspecified atom stereocenters. The molecule has 4 aromatic carbocycles. The summed E-state index contributed by atoms with van der Waals surface area (Å²) in [5.74, 6) is -0.658. The third kappa shape index (κ3) is 5.80. The highest BCUT2D eigenvalue weighted by Gasteiger charge is 2.33. The highest BCUT2D eigenvalue weighted by molar-refractivity contribution is 6.33. The maximum Gasteiger partial charge on any atom is 0.269 e. The third-order valence-electron chi connectivity index (χ3n) is 6.68. The van der Waals surface area contributed by atoms with Crippen LogP contribution in [0, 0.1) is 5.82 Å². The van der Waals surface area contributed by atoms with E-state index in [9.17, 15) is 9.59 Å². The average molecular weight is 616 g/mol. The zero-order valence-electron chi connectivity index (χ0n) is 24.2. The molecule has 0 radical (unpaired) electrons. The Kier molecular flexibility index (Phi) is 8.82. The second kappa shape index (κ2) is 12.9. The van der Waals surface area contributed by atoms with Crippen molar-refractivity contribution in [3.63, 3.8) is 0 Å². The van der Waals surface area contributed by atoms with Crippen LogP contribution in [0.4, 0.5) is 21.5 Å². The Hall–Kier alpha value is -5.35. The summed E-state index contributed by atoms with van der Waals surface area (Å²) in [6.07, 6.45) is 0. The lowest BCUT2D eigenvalue weighted by molar-refractivity contribution is -0.114. The largest absolute Gasteiger partial charge is 0.493 e. The SMILES string of the molecule is COc1cc(N(C(=O)c2c(-c3c(F)cccc3Cl)noc2-c2ccccc2)c2cccc(NC(C)=O)c2)cc(OC)c1OC. The van der Waals surface area contributed by atoms with Gasteiger partial charge in [0.25, 0.3) is 5.91 Å². The molecule has 0 aliphatic rings. The van der Waals surface area contributed by atoms with Gasteiger partial charge in [-0.3, -0.25) is 14.5 Å². The molecule has 224 valence electrons. The van der Waals surface area contributed by atoms with Crippen molar-refractivity contribution in [2.45, 2.75) is 6.92 Å². The van der Waals surface area contributed by atoms with Crippen LogP contribution < -0.4 is 24.4 Å². The van der Waals surface area contributed by atoms with Crippen molar-refractivity contribution >= 4 is 40.5 Å². The molecule has 0 saturated carbocycles. The molecule has 0 spiro atoms. The van der Waals surface area contributed by atoms with Gasteiger partial charge in [-0.1, -0.05) is 59.2 Å². The molecule has 1 heterocycles. The predicted molar refractivity (Wildman–Crippen MR) is 166 cm³/mol. The summed E-state index contributed by atoms with van der Waals surface area (Å²) in [4.78, 5) is 28.2. The second-order valence-electron chi connectivity index (χ2n) is 9.45. The van der Waals surface area contributed by atoms with Gasteiger partial charge in [-0.2, -0.15) is 0 Å². The quantitative estimate of drug-likeness (QED) is 0.181. The standard InChI is InChI=1S/C33H27ClFN3O6/c1-19(39)36-21-12-8-13-22(16-21)38(23-17-26(41-2)32(43-4)27(18-23)42-3)33(40)29-30(28-24(34)14-9-15-25(28)35)37-44-31(29)20-10-6-5-7-11-20/h5-18H,1-4H3,(H,36,39). The van der Waals surface area contributed by atoms with Gasteiger partial charge in [0.05, 0.1) is 43.3 Å². The second-order valence-corrected chi connectivity index (χ2v) is 9.86. The summed E-state index contributed by atoms with van der Waals surface area (Å²) >= 11 is 6.46. The fourth-order valence-electron chi connectivity index (χ4n) is 4.79. The van der Waals surface area contributed by atoms with Crippen molar-refractivity contribution in [3.8, 4) is 39.8 Å². The summed E-state index contributed by atoms with van der Waals surface area (Å²) in [7, 11) is 4.38. The molecule has 2 amide bonds. The number of anilines is 3. The van der Waals surface area contributed by atoms with Gasteiger partial charge in [-0.25, -0.2) is 4.39 Å². The minimum atomic E-state index is -0.688. The van der Waals surface area contributed by atoms with E-state index in [1.165, 1.54) is 51.4 Å². The smallest absolute Gasteiger partial charge is 0.269 e. The first kappa shape index (κ1) is 30.1. The molecule has 9 nitrogen and oxygen atoms in total. The molecule has 0 aliphatic carbocycles. The number of aromatic nitrogens is 1. The molecule has 0 aliphatic heterocycles. The minimum Gasteiger partial charge on any atom is -0.493 e. The molecule has 11 heteroatoms. The number of ether oxygens (including phenoxy) is 3. The van der Waals surface area contributed by atoms with E-state index in [-0.39, 0.29) is 45.0 Å². The van der Waals surface area contributed by atoms with E-state index in [2.05, 4.69) is 10.5 Å². The zero-order chi connectivity index (χ0) is 31.4. The number of carbonyl (C=O) groups excluding carboxylic acids is 2. The van der Waals surface area contributed by atoms with Crippen molar-refractivity contribution in [3.05, 3.63) is 101 Å². The highest BCUT2D eigenvalue weighted by Crippen LogP contribution is 2.45. The predicted octanol–water partition coefficient (Wildman–Crippen LogP) is 7.76. The van der Waals surface area contributed by atoms with E-state index in [1.54, 1.807) is 60.7 Å². The molecule has 44 heavy (non-hydrogen) atoms. The third-order valence-corrected chi connectivity index (χ3v) is 6.99. The van der Waals surface area contributed by atoms with Gasteiger partial charge in [0.15, 0.2) is 17.3 Å². The Bertz CT molecular complexity index is 1800. The Balaban J connectivity index is 1.82. The van der Waals surface area contributed by atoms with E-state index in [4.69, 9.17) is 30.3 Å². The van der Waals surface area contributed by atoms with Gasteiger partial charge in [0, 0.05) is 30.3 Å². The Morgan fingerprint density at radius 1 is 0.864 bits per heavy atom.